The first-order valence-electron chi connectivity index (χ1n) is 9.10. The van der Waals surface area contributed by atoms with Crippen molar-refractivity contribution in [2.75, 3.05) is 26.3 Å². The molecular formula is C18H36FNO4Si. The van der Waals surface area contributed by atoms with Gasteiger partial charge in [-0.15, -0.1) is 0 Å². The number of rotatable bonds is 5. The fourth-order valence-corrected chi connectivity index (χ4v) is 3.30. The van der Waals surface area contributed by atoms with Gasteiger partial charge in [-0.2, -0.15) is 0 Å². The van der Waals surface area contributed by atoms with Gasteiger partial charge in [0.25, 0.3) is 0 Å². The Balaban J connectivity index is 2.36. The summed E-state index contributed by atoms with van der Waals surface area (Å²) in [6.07, 6.45) is -1.67. The highest BCUT2D eigenvalue weighted by atomic mass is 28.4. The van der Waals surface area contributed by atoms with Crippen LogP contribution in [0.4, 0.5) is 9.18 Å². The molecule has 148 valence electrons. The molecule has 1 aliphatic rings. The maximum absolute atomic E-state index is 14.3. The standard InChI is InChI=1S/C18H36FNO4Si/c1-17(2,3)24-16(21)20-10-9-15(14(19)13-20)22-11-12-23-25(7,8)18(4,5)6/h14-15H,9-13H2,1-8H3. The van der Waals surface area contributed by atoms with Gasteiger partial charge in [0.15, 0.2) is 8.32 Å². The van der Waals surface area contributed by atoms with Gasteiger partial charge >= 0.3 is 6.09 Å². The van der Waals surface area contributed by atoms with Crippen molar-refractivity contribution in [2.24, 2.45) is 0 Å². The van der Waals surface area contributed by atoms with Crippen molar-refractivity contribution in [2.45, 2.75) is 84.0 Å². The molecule has 1 saturated heterocycles. The Kier molecular flexibility index (Phi) is 7.48. The van der Waals surface area contributed by atoms with E-state index in [1.54, 1.807) is 20.8 Å². The van der Waals surface area contributed by atoms with E-state index >= 15 is 0 Å². The molecule has 1 heterocycles. The summed E-state index contributed by atoms with van der Waals surface area (Å²) in [5.41, 5.74) is -0.572. The maximum Gasteiger partial charge on any atom is 0.410 e. The molecule has 2 atom stereocenters. The molecule has 25 heavy (non-hydrogen) atoms. The van der Waals surface area contributed by atoms with Crippen LogP contribution in [-0.4, -0.2) is 63.5 Å². The average molecular weight is 378 g/mol. The van der Waals surface area contributed by atoms with E-state index in [2.05, 4.69) is 33.9 Å². The summed E-state index contributed by atoms with van der Waals surface area (Å²) in [6.45, 7) is 17.7. The van der Waals surface area contributed by atoms with Crippen LogP contribution in [0.5, 0.6) is 0 Å². The number of piperidine rings is 1. The Morgan fingerprint density at radius 3 is 2.24 bits per heavy atom. The smallest absolute Gasteiger partial charge is 0.410 e. The number of ether oxygens (including phenoxy) is 2. The zero-order chi connectivity index (χ0) is 19.5. The molecule has 1 fully saturated rings. The molecule has 0 N–H and O–H groups in total. The normalized spacial score (nSPS) is 22.8. The van der Waals surface area contributed by atoms with Crippen molar-refractivity contribution in [3.63, 3.8) is 0 Å². The highest BCUT2D eigenvalue weighted by molar-refractivity contribution is 6.74. The van der Waals surface area contributed by atoms with Gasteiger partial charge in [-0.1, -0.05) is 20.8 Å². The lowest BCUT2D eigenvalue weighted by atomic mass is 10.1. The van der Waals surface area contributed by atoms with Crippen LogP contribution in [0.1, 0.15) is 48.0 Å². The molecule has 0 spiro atoms. The second kappa shape index (κ2) is 8.35. The van der Waals surface area contributed by atoms with Crippen molar-refractivity contribution < 1.29 is 23.1 Å². The molecule has 1 rings (SSSR count). The molecule has 7 heteroatoms. The van der Waals surface area contributed by atoms with E-state index < -0.39 is 32.3 Å². The van der Waals surface area contributed by atoms with Crippen LogP contribution in [0.15, 0.2) is 0 Å². The summed E-state index contributed by atoms with van der Waals surface area (Å²) < 4.78 is 31.3. The van der Waals surface area contributed by atoms with Crippen molar-refractivity contribution >= 4 is 14.4 Å². The van der Waals surface area contributed by atoms with Crippen LogP contribution in [0.2, 0.25) is 18.1 Å². The molecule has 1 amide bonds. The number of alkyl halides is 1. The van der Waals surface area contributed by atoms with Gasteiger partial charge in [-0.05, 0) is 45.3 Å². The van der Waals surface area contributed by atoms with Gasteiger partial charge in [0.1, 0.15) is 11.8 Å². The molecule has 0 bridgehead atoms. The average Bonchev–Trinajstić information content (AvgIpc) is 2.41. The van der Waals surface area contributed by atoms with E-state index in [0.29, 0.717) is 26.2 Å². The molecule has 0 aromatic rings. The third-order valence-corrected chi connectivity index (χ3v) is 9.36. The van der Waals surface area contributed by atoms with Crippen LogP contribution >= 0.6 is 0 Å². The fourth-order valence-electron chi connectivity index (χ4n) is 2.28. The van der Waals surface area contributed by atoms with E-state index in [9.17, 15) is 9.18 Å². The van der Waals surface area contributed by atoms with Gasteiger partial charge in [0, 0.05) is 6.54 Å². The summed E-state index contributed by atoms with van der Waals surface area (Å²) in [5.74, 6) is 0. The van der Waals surface area contributed by atoms with Gasteiger partial charge in [-0.25, -0.2) is 9.18 Å². The van der Waals surface area contributed by atoms with Crippen LogP contribution in [-0.2, 0) is 13.9 Å². The summed E-state index contributed by atoms with van der Waals surface area (Å²) in [4.78, 5) is 13.4. The summed E-state index contributed by atoms with van der Waals surface area (Å²) in [7, 11) is -1.80. The van der Waals surface area contributed by atoms with E-state index in [0.717, 1.165) is 0 Å². The molecule has 5 nitrogen and oxygen atoms in total. The van der Waals surface area contributed by atoms with Crippen molar-refractivity contribution in [3.05, 3.63) is 0 Å². The molecule has 2 unspecified atom stereocenters. The molecule has 0 aromatic carbocycles. The Labute approximate surface area is 153 Å². The first-order chi connectivity index (χ1) is 11.2. The van der Waals surface area contributed by atoms with E-state index in [4.69, 9.17) is 13.9 Å². The number of halogens is 1. The predicted molar refractivity (Wildman–Crippen MR) is 100 cm³/mol. The molecule has 0 aromatic heterocycles. The summed E-state index contributed by atoms with van der Waals surface area (Å²) in [6, 6.07) is 0. The minimum Gasteiger partial charge on any atom is -0.444 e. The Bertz CT molecular complexity index is 445. The number of amides is 1. The SMILES string of the molecule is CC(C)(C)OC(=O)N1CCC(OCCO[Si](C)(C)C(C)(C)C)C(F)C1. The second-order valence-corrected chi connectivity index (χ2v) is 14.1. The van der Waals surface area contributed by atoms with Crippen molar-refractivity contribution in [3.8, 4) is 0 Å². The molecular weight excluding hydrogens is 341 g/mol. The molecule has 0 radical (unpaired) electrons. The second-order valence-electron chi connectivity index (χ2n) is 9.25. The quantitative estimate of drug-likeness (QED) is 0.527. The lowest BCUT2D eigenvalue weighted by molar-refractivity contribution is -0.0579. The minimum atomic E-state index is -1.80. The first kappa shape index (κ1) is 22.4. The Morgan fingerprint density at radius 2 is 1.76 bits per heavy atom. The number of carbonyl (C=O) groups excluding carboxylic acids is 1. The predicted octanol–water partition coefficient (Wildman–Crippen LogP) is 4.37. The number of hydrogen-bond donors (Lipinski definition) is 0. The number of hydrogen-bond acceptors (Lipinski definition) is 4. The van der Waals surface area contributed by atoms with Crippen LogP contribution in [0.25, 0.3) is 0 Å². The largest absolute Gasteiger partial charge is 0.444 e. The first-order valence-corrected chi connectivity index (χ1v) is 12.0. The Morgan fingerprint density at radius 1 is 1.16 bits per heavy atom. The van der Waals surface area contributed by atoms with E-state index in [1.165, 1.54) is 4.90 Å². The summed E-state index contributed by atoms with van der Waals surface area (Å²) in [5, 5.41) is 0.147. The zero-order valence-corrected chi connectivity index (χ0v) is 18.1. The number of nitrogens with zero attached hydrogens (tertiary/aromatic N) is 1. The molecule has 0 saturated carbocycles. The van der Waals surface area contributed by atoms with Crippen LogP contribution in [0, 0.1) is 0 Å². The zero-order valence-electron chi connectivity index (χ0n) is 17.1. The lowest BCUT2D eigenvalue weighted by Crippen LogP contribution is -2.49. The van der Waals surface area contributed by atoms with E-state index in [1.807, 2.05) is 0 Å². The van der Waals surface area contributed by atoms with Gasteiger partial charge in [0.2, 0.25) is 0 Å². The third-order valence-electron chi connectivity index (χ3n) is 4.82. The lowest BCUT2D eigenvalue weighted by Gasteiger charge is -2.37. The van der Waals surface area contributed by atoms with Gasteiger partial charge < -0.3 is 18.8 Å². The van der Waals surface area contributed by atoms with Crippen LogP contribution in [0.3, 0.4) is 0 Å². The van der Waals surface area contributed by atoms with Crippen molar-refractivity contribution in [1.82, 2.24) is 4.90 Å². The third kappa shape index (κ3) is 7.23. The Hall–Kier alpha value is -0.663. The van der Waals surface area contributed by atoms with Gasteiger partial charge in [-0.3, -0.25) is 0 Å². The van der Waals surface area contributed by atoms with Crippen molar-refractivity contribution in [1.29, 1.82) is 0 Å². The number of carbonyl (C=O) groups is 1. The maximum atomic E-state index is 14.3. The fraction of sp³-hybridized carbons (Fsp3) is 0.944. The highest BCUT2D eigenvalue weighted by Gasteiger charge is 2.37. The minimum absolute atomic E-state index is 0.0165. The highest BCUT2D eigenvalue weighted by Crippen LogP contribution is 2.36. The number of likely N-dealkylation sites (tertiary alicyclic amines) is 1. The topological polar surface area (TPSA) is 48.0 Å². The van der Waals surface area contributed by atoms with Crippen LogP contribution < -0.4 is 0 Å². The molecule has 0 aliphatic carbocycles. The summed E-state index contributed by atoms with van der Waals surface area (Å²) >= 11 is 0. The van der Waals surface area contributed by atoms with Gasteiger partial charge in [0.05, 0.1) is 25.9 Å². The van der Waals surface area contributed by atoms with E-state index in [-0.39, 0.29) is 11.6 Å². The molecule has 1 aliphatic heterocycles. The monoisotopic (exact) mass is 377 g/mol.